The maximum Gasteiger partial charge on any atom is 0.301 e. The van der Waals surface area contributed by atoms with E-state index in [0.717, 1.165) is 34.4 Å². The number of rotatable bonds is 6. The Morgan fingerprint density at radius 3 is 1.72 bits per heavy atom. The Balaban J connectivity index is 1.16. The molecule has 1 saturated heterocycles. The first-order chi connectivity index (χ1) is 20.8. The quantitative estimate of drug-likeness (QED) is 0.134. The predicted octanol–water partition coefficient (Wildman–Crippen LogP) is 5.74. The number of hydrogen-bond donors (Lipinski definition) is 1. The molecule has 4 aromatic rings. The number of nitro groups is 2. The van der Waals surface area contributed by atoms with Crippen LogP contribution >= 0.6 is 0 Å². The third-order valence-corrected chi connectivity index (χ3v) is 8.72. The molecule has 3 aliphatic carbocycles. The SMILES string of the molecule is C/C(=N/Nc1ccc([N+](=O)[O-])cc1[N+](=O)[O-])c1ccc(N2C(=O)[C@@H]3C4c5ccccc5C(c5ccccc54)[C@@H]3C2=O)cc1. The summed E-state index contributed by atoms with van der Waals surface area (Å²) < 4.78 is 0. The number of nitro benzene ring substituents is 2. The second-order valence-electron chi connectivity index (χ2n) is 10.8. The molecule has 4 aliphatic rings. The molecule has 2 atom stereocenters. The fraction of sp³-hybridized carbons (Fsp3) is 0.156. The summed E-state index contributed by atoms with van der Waals surface area (Å²) in [5, 5.41) is 26.6. The van der Waals surface area contributed by atoms with Gasteiger partial charge in [-0.15, -0.1) is 0 Å². The van der Waals surface area contributed by atoms with Gasteiger partial charge in [0.05, 0.1) is 39.1 Å². The fourth-order valence-corrected chi connectivity index (χ4v) is 6.87. The number of hydrogen-bond acceptors (Lipinski definition) is 8. The second kappa shape index (κ2) is 9.69. The molecular weight excluding hydrogens is 550 g/mol. The summed E-state index contributed by atoms with van der Waals surface area (Å²) in [5.41, 5.74) is 7.75. The van der Waals surface area contributed by atoms with Crippen LogP contribution in [-0.4, -0.2) is 27.4 Å². The van der Waals surface area contributed by atoms with Gasteiger partial charge in [-0.2, -0.15) is 5.10 Å². The van der Waals surface area contributed by atoms with Gasteiger partial charge in [-0.1, -0.05) is 60.7 Å². The molecule has 1 fully saturated rings. The molecule has 43 heavy (non-hydrogen) atoms. The van der Waals surface area contributed by atoms with Crippen LogP contribution in [0.2, 0.25) is 0 Å². The van der Waals surface area contributed by atoms with E-state index in [1.165, 1.54) is 11.0 Å². The topological polar surface area (TPSA) is 148 Å². The first-order valence-corrected chi connectivity index (χ1v) is 13.6. The summed E-state index contributed by atoms with van der Waals surface area (Å²) in [5.74, 6) is -1.75. The van der Waals surface area contributed by atoms with Crippen LogP contribution in [0.4, 0.5) is 22.7 Å². The molecule has 11 heteroatoms. The monoisotopic (exact) mass is 573 g/mol. The summed E-state index contributed by atoms with van der Waals surface area (Å²) >= 11 is 0. The average molecular weight is 574 g/mol. The van der Waals surface area contributed by atoms with Crippen molar-refractivity contribution < 1.29 is 19.4 Å². The van der Waals surface area contributed by atoms with Gasteiger partial charge in [0.15, 0.2) is 0 Å². The molecule has 0 unspecified atom stereocenters. The number of nitrogens with zero attached hydrogens (tertiary/aromatic N) is 4. The third-order valence-electron chi connectivity index (χ3n) is 8.72. The maximum atomic E-state index is 14.0. The molecule has 2 bridgehead atoms. The van der Waals surface area contributed by atoms with Crippen molar-refractivity contribution in [3.63, 3.8) is 0 Å². The van der Waals surface area contributed by atoms with Gasteiger partial charge in [-0.05, 0) is 52.9 Å². The average Bonchev–Trinajstić information content (AvgIpc) is 3.29. The highest BCUT2D eigenvalue weighted by Gasteiger charge is 2.61. The lowest BCUT2D eigenvalue weighted by Gasteiger charge is -2.45. The van der Waals surface area contributed by atoms with E-state index in [9.17, 15) is 29.8 Å². The van der Waals surface area contributed by atoms with Crippen molar-refractivity contribution >= 4 is 40.3 Å². The standard InChI is InChI=1S/C32H23N5O6/c1-17(33-34-25-15-14-20(36(40)41)16-26(25)37(42)43)18-10-12-19(13-11-18)35-31(38)29-27-21-6-2-3-7-22(21)28(30(29)32(35)39)24-9-5-4-8-23(24)27/h2-16,27-30,34H,1H3/b33-17-/t27?,28?,29-,30+. The van der Waals surface area contributed by atoms with Crippen LogP contribution in [0.5, 0.6) is 0 Å². The highest BCUT2D eigenvalue weighted by Crippen LogP contribution is 2.61. The molecule has 0 spiro atoms. The van der Waals surface area contributed by atoms with Gasteiger partial charge in [0.2, 0.25) is 11.8 Å². The van der Waals surface area contributed by atoms with Gasteiger partial charge in [0.25, 0.3) is 5.69 Å². The largest absolute Gasteiger partial charge is 0.301 e. The van der Waals surface area contributed by atoms with Crippen molar-refractivity contribution in [2.45, 2.75) is 18.8 Å². The molecule has 2 amide bonds. The van der Waals surface area contributed by atoms with Crippen LogP contribution in [0.15, 0.2) is 96.1 Å². The Kier molecular flexibility index (Phi) is 5.91. The molecule has 212 valence electrons. The highest BCUT2D eigenvalue weighted by atomic mass is 16.6. The highest BCUT2D eigenvalue weighted by molar-refractivity contribution is 6.23. The number of hydrazone groups is 1. The van der Waals surface area contributed by atoms with Crippen molar-refractivity contribution in [3.8, 4) is 0 Å². The fourth-order valence-electron chi connectivity index (χ4n) is 6.87. The lowest BCUT2D eigenvalue weighted by atomic mass is 9.55. The van der Waals surface area contributed by atoms with Gasteiger partial charge in [0.1, 0.15) is 5.69 Å². The predicted molar refractivity (Wildman–Crippen MR) is 158 cm³/mol. The van der Waals surface area contributed by atoms with E-state index in [-0.39, 0.29) is 29.3 Å². The van der Waals surface area contributed by atoms with E-state index < -0.39 is 33.1 Å². The minimum absolute atomic E-state index is 0.000872. The Morgan fingerprint density at radius 2 is 1.26 bits per heavy atom. The third kappa shape index (κ3) is 3.92. The number of benzene rings is 4. The smallest absolute Gasteiger partial charge is 0.274 e. The van der Waals surface area contributed by atoms with Gasteiger partial charge < -0.3 is 0 Å². The van der Waals surface area contributed by atoms with Crippen LogP contribution < -0.4 is 10.3 Å². The molecule has 4 aromatic carbocycles. The zero-order valence-electron chi connectivity index (χ0n) is 22.7. The van der Waals surface area contributed by atoms with Crippen molar-refractivity contribution in [2.75, 3.05) is 10.3 Å². The molecule has 1 N–H and O–H groups in total. The number of amides is 2. The Morgan fingerprint density at radius 1 is 0.744 bits per heavy atom. The van der Waals surface area contributed by atoms with Gasteiger partial charge >= 0.3 is 5.69 Å². The minimum Gasteiger partial charge on any atom is -0.274 e. The lowest BCUT2D eigenvalue weighted by Crippen LogP contribution is -2.41. The summed E-state index contributed by atoms with van der Waals surface area (Å²) in [6, 6.07) is 26.3. The summed E-state index contributed by atoms with van der Waals surface area (Å²) in [6.45, 7) is 1.69. The Labute approximate surface area is 244 Å². The van der Waals surface area contributed by atoms with Gasteiger partial charge in [0, 0.05) is 17.9 Å². The first kappa shape index (κ1) is 26.2. The maximum absolute atomic E-state index is 14.0. The van der Waals surface area contributed by atoms with Crippen molar-refractivity contribution in [1.29, 1.82) is 0 Å². The van der Waals surface area contributed by atoms with E-state index in [4.69, 9.17) is 0 Å². The first-order valence-electron chi connectivity index (χ1n) is 13.6. The van der Waals surface area contributed by atoms with E-state index in [1.54, 1.807) is 31.2 Å². The number of non-ortho nitro benzene ring substituents is 1. The van der Waals surface area contributed by atoms with Crippen molar-refractivity contribution in [2.24, 2.45) is 16.9 Å². The molecular formula is C32H23N5O6. The molecule has 1 heterocycles. The van der Waals surface area contributed by atoms with Gasteiger partial charge in [-0.3, -0.25) is 35.2 Å². The van der Waals surface area contributed by atoms with Crippen LogP contribution in [0, 0.1) is 32.1 Å². The molecule has 8 rings (SSSR count). The molecule has 11 nitrogen and oxygen atoms in total. The van der Waals surface area contributed by atoms with Crippen LogP contribution in [-0.2, 0) is 9.59 Å². The Hall–Kier alpha value is -5.71. The van der Waals surface area contributed by atoms with E-state index in [0.29, 0.717) is 17.0 Å². The van der Waals surface area contributed by atoms with Gasteiger partial charge in [-0.25, -0.2) is 4.90 Å². The van der Waals surface area contributed by atoms with E-state index in [1.807, 2.05) is 24.3 Å². The molecule has 0 radical (unpaired) electrons. The van der Waals surface area contributed by atoms with Crippen LogP contribution in [0.3, 0.4) is 0 Å². The lowest BCUT2D eigenvalue weighted by molar-refractivity contribution is -0.393. The van der Waals surface area contributed by atoms with Crippen LogP contribution in [0.25, 0.3) is 0 Å². The zero-order chi connectivity index (χ0) is 30.0. The summed E-state index contributed by atoms with van der Waals surface area (Å²) in [4.78, 5) is 50.2. The molecule has 1 aliphatic heterocycles. The Bertz CT molecular complexity index is 1790. The summed E-state index contributed by atoms with van der Waals surface area (Å²) in [6.07, 6.45) is 0. The van der Waals surface area contributed by atoms with Crippen molar-refractivity contribution in [3.05, 3.63) is 139 Å². The van der Waals surface area contributed by atoms with Crippen LogP contribution in [0.1, 0.15) is 46.6 Å². The number of anilines is 2. The van der Waals surface area contributed by atoms with Crippen molar-refractivity contribution in [1.82, 2.24) is 0 Å². The number of imide groups is 1. The normalized spacial score (nSPS) is 21.7. The number of carbonyl (C=O) groups excluding carboxylic acids is 2. The summed E-state index contributed by atoms with van der Waals surface area (Å²) in [7, 11) is 0. The second-order valence-corrected chi connectivity index (χ2v) is 10.8. The van der Waals surface area contributed by atoms with E-state index >= 15 is 0 Å². The number of carbonyl (C=O) groups is 2. The molecule has 0 aromatic heterocycles. The molecule has 0 saturated carbocycles. The minimum atomic E-state index is -0.722. The van der Waals surface area contributed by atoms with E-state index in [2.05, 4.69) is 34.8 Å². The number of nitrogens with one attached hydrogen (secondary N) is 1. The zero-order valence-corrected chi connectivity index (χ0v) is 22.7.